The lowest BCUT2D eigenvalue weighted by Crippen LogP contribution is -2.45. The molecule has 4 aromatic rings. The van der Waals surface area contributed by atoms with Crippen molar-refractivity contribution in [1.82, 2.24) is 25.5 Å². The average molecular weight is 640 g/mol. The third-order valence-electron chi connectivity index (χ3n) is 8.38. The van der Waals surface area contributed by atoms with E-state index in [0.29, 0.717) is 29.2 Å². The van der Waals surface area contributed by atoms with Gasteiger partial charge in [-0.3, -0.25) is 14.9 Å². The van der Waals surface area contributed by atoms with Crippen molar-refractivity contribution in [3.8, 4) is 11.1 Å². The summed E-state index contributed by atoms with van der Waals surface area (Å²) < 4.78 is 41.3. The third kappa shape index (κ3) is 8.27. The van der Waals surface area contributed by atoms with Crippen LogP contribution in [-0.4, -0.2) is 49.9 Å². The van der Waals surface area contributed by atoms with Gasteiger partial charge in [-0.2, -0.15) is 29.7 Å². The Morgan fingerprint density at radius 1 is 1.00 bits per heavy atom. The Labute approximate surface area is 263 Å². The Balaban J connectivity index is 1.33. The van der Waals surface area contributed by atoms with E-state index in [0.717, 1.165) is 43.4 Å². The van der Waals surface area contributed by atoms with Gasteiger partial charge in [0.25, 0.3) is 11.9 Å². The number of carbonyl (C=O) groups is 2. The molecule has 2 aromatic heterocycles. The molecule has 2 heterocycles. The first-order valence-electron chi connectivity index (χ1n) is 14.8. The van der Waals surface area contributed by atoms with Gasteiger partial charge < -0.3 is 10.2 Å². The topological polar surface area (TPSA) is 116 Å². The number of alkyl halides is 3. The van der Waals surface area contributed by atoms with Crippen LogP contribution >= 0.6 is 11.3 Å². The van der Waals surface area contributed by atoms with Gasteiger partial charge in [-0.15, -0.1) is 5.10 Å². The highest BCUT2D eigenvalue weighted by molar-refractivity contribution is 7.08. The third-order valence-corrected chi connectivity index (χ3v) is 9.06. The van der Waals surface area contributed by atoms with Crippen molar-refractivity contribution < 1.29 is 22.8 Å². The summed E-state index contributed by atoms with van der Waals surface area (Å²) in [7, 11) is 0. The molecule has 2 amide bonds. The van der Waals surface area contributed by atoms with E-state index in [1.54, 1.807) is 41.8 Å². The van der Waals surface area contributed by atoms with Gasteiger partial charge in [0.05, 0.1) is 12.1 Å². The van der Waals surface area contributed by atoms with E-state index in [4.69, 9.17) is 0 Å². The summed E-state index contributed by atoms with van der Waals surface area (Å²) in [4.78, 5) is 28.2. The number of aromatic amines is 1. The van der Waals surface area contributed by atoms with Gasteiger partial charge in [-0.25, -0.2) is 0 Å². The van der Waals surface area contributed by atoms with E-state index in [1.165, 1.54) is 11.3 Å². The number of nitrogens with one attached hydrogen (secondary N) is 3. The molecule has 13 heteroatoms. The van der Waals surface area contributed by atoms with E-state index >= 15 is 0 Å². The zero-order valence-electron chi connectivity index (χ0n) is 25.3. The van der Waals surface area contributed by atoms with E-state index in [9.17, 15) is 22.8 Å². The zero-order valence-corrected chi connectivity index (χ0v) is 26.1. The lowest BCUT2D eigenvalue weighted by Gasteiger charge is -2.41. The van der Waals surface area contributed by atoms with Gasteiger partial charge in [0.2, 0.25) is 5.91 Å². The molecule has 0 radical (unpaired) electrons. The van der Waals surface area contributed by atoms with Crippen molar-refractivity contribution in [2.75, 3.05) is 17.2 Å². The van der Waals surface area contributed by atoms with Crippen LogP contribution in [0, 0.1) is 11.3 Å². The number of rotatable bonds is 9. The maximum atomic E-state index is 13.8. The molecule has 9 nitrogen and oxygen atoms in total. The van der Waals surface area contributed by atoms with Crippen molar-refractivity contribution >= 4 is 34.8 Å². The van der Waals surface area contributed by atoms with E-state index in [-0.39, 0.29) is 35.5 Å². The van der Waals surface area contributed by atoms with Crippen molar-refractivity contribution in [2.45, 2.75) is 65.2 Å². The molecule has 0 unspecified atom stereocenters. The molecule has 45 heavy (non-hydrogen) atoms. The summed E-state index contributed by atoms with van der Waals surface area (Å²) in [5.74, 6) is -0.00462. The SMILES string of the molecule is CC(C)(C)C1CCC(N(Cc2ccc(C(=O)Nc3nn[nH]n3)cc2)C(=O)CNc2cc(-c3ccsc3)cc(C(F)(F)F)c2)CC1. The Hall–Kier alpha value is -4.26. The molecule has 0 aliphatic heterocycles. The predicted molar refractivity (Wildman–Crippen MR) is 168 cm³/mol. The van der Waals surface area contributed by atoms with Crippen LogP contribution < -0.4 is 10.6 Å². The molecule has 3 N–H and O–H groups in total. The molecule has 0 atom stereocenters. The van der Waals surface area contributed by atoms with Crippen molar-refractivity contribution in [3.63, 3.8) is 0 Å². The Bertz CT molecular complexity index is 1580. The number of tetrazole rings is 1. The first kappa shape index (κ1) is 32.1. The minimum Gasteiger partial charge on any atom is -0.376 e. The fraction of sp³-hybridized carbons (Fsp3) is 0.406. The Morgan fingerprint density at radius 2 is 1.73 bits per heavy atom. The van der Waals surface area contributed by atoms with Crippen molar-refractivity contribution in [1.29, 1.82) is 0 Å². The quantitative estimate of drug-likeness (QED) is 0.178. The minimum absolute atomic E-state index is 0.0120. The first-order valence-corrected chi connectivity index (χ1v) is 15.7. The standard InChI is InChI=1S/C32H36F3N7O2S/c1-31(2,3)24-8-10-27(11-9-24)42(18-20-4-6-21(7-5-20)29(44)37-30-38-40-41-39-30)28(43)17-36-26-15-23(22-12-13-45-19-22)14-25(16-26)32(33,34)35/h4-7,12-16,19,24,27,36H,8-11,17-18H2,1-3H3,(H2,37,38,39,40,41,44). The molecule has 1 aliphatic carbocycles. The van der Waals surface area contributed by atoms with Gasteiger partial charge in [-0.05, 0) is 106 Å². The monoisotopic (exact) mass is 639 g/mol. The van der Waals surface area contributed by atoms with Crippen LogP contribution in [0.3, 0.4) is 0 Å². The van der Waals surface area contributed by atoms with Crippen LogP contribution in [-0.2, 0) is 17.5 Å². The molecular weight excluding hydrogens is 603 g/mol. The average Bonchev–Trinajstić information content (AvgIpc) is 3.73. The highest BCUT2D eigenvalue weighted by Crippen LogP contribution is 2.40. The van der Waals surface area contributed by atoms with E-state index in [2.05, 4.69) is 52.0 Å². The summed E-state index contributed by atoms with van der Waals surface area (Å²) in [6, 6.07) is 12.5. The second-order valence-electron chi connectivity index (χ2n) is 12.4. The number of hydrogen-bond acceptors (Lipinski definition) is 7. The summed E-state index contributed by atoms with van der Waals surface area (Å²) in [6.45, 7) is 6.86. The van der Waals surface area contributed by atoms with E-state index < -0.39 is 17.6 Å². The van der Waals surface area contributed by atoms with Gasteiger partial charge in [0.15, 0.2) is 0 Å². The summed E-state index contributed by atoms with van der Waals surface area (Å²) in [5.41, 5.74) is 1.96. The van der Waals surface area contributed by atoms with Crippen LogP contribution in [0.2, 0.25) is 0 Å². The molecular formula is C32H36F3N7O2S. The molecule has 1 aliphatic rings. The summed E-state index contributed by atoms with van der Waals surface area (Å²) in [6.07, 6.45) is -0.884. The second-order valence-corrected chi connectivity index (χ2v) is 13.2. The van der Waals surface area contributed by atoms with Gasteiger partial charge in [-0.1, -0.05) is 38.0 Å². The van der Waals surface area contributed by atoms with Crippen molar-refractivity contribution in [2.24, 2.45) is 11.3 Å². The van der Waals surface area contributed by atoms with Gasteiger partial charge in [0, 0.05) is 23.8 Å². The number of halogens is 3. The molecule has 0 saturated heterocycles. The highest BCUT2D eigenvalue weighted by atomic mass is 32.1. The van der Waals surface area contributed by atoms with E-state index in [1.807, 2.05) is 10.3 Å². The van der Waals surface area contributed by atoms with Crippen LogP contribution in [0.15, 0.2) is 59.3 Å². The molecule has 2 aromatic carbocycles. The lowest BCUT2D eigenvalue weighted by atomic mass is 9.71. The number of H-pyrrole nitrogens is 1. The number of aromatic nitrogens is 4. The number of anilines is 2. The van der Waals surface area contributed by atoms with Crippen molar-refractivity contribution in [3.05, 3.63) is 76.0 Å². The number of thiophene rings is 1. The number of amides is 2. The number of hydrogen-bond donors (Lipinski definition) is 3. The van der Waals surface area contributed by atoms with Crippen LogP contribution in [0.4, 0.5) is 24.8 Å². The zero-order chi connectivity index (χ0) is 32.2. The number of carbonyl (C=O) groups excluding carboxylic acids is 2. The first-order chi connectivity index (χ1) is 21.4. The molecule has 0 spiro atoms. The fourth-order valence-electron chi connectivity index (χ4n) is 5.79. The molecule has 1 saturated carbocycles. The van der Waals surface area contributed by atoms with Crippen LogP contribution in [0.1, 0.15) is 67.9 Å². The van der Waals surface area contributed by atoms with Crippen LogP contribution in [0.5, 0.6) is 0 Å². The summed E-state index contributed by atoms with van der Waals surface area (Å²) >= 11 is 1.40. The molecule has 0 bridgehead atoms. The lowest BCUT2D eigenvalue weighted by molar-refractivity contribution is -0.137. The van der Waals surface area contributed by atoms with Crippen LogP contribution in [0.25, 0.3) is 11.1 Å². The highest BCUT2D eigenvalue weighted by Gasteiger charge is 2.34. The summed E-state index contributed by atoms with van der Waals surface area (Å²) in [5, 5.41) is 22.3. The largest absolute Gasteiger partial charge is 0.416 e. The number of nitrogens with zero attached hydrogens (tertiary/aromatic N) is 4. The second kappa shape index (κ2) is 13.4. The maximum absolute atomic E-state index is 13.8. The Kier molecular flexibility index (Phi) is 9.56. The minimum atomic E-state index is -4.53. The maximum Gasteiger partial charge on any atom is 0.416 e. The van der Waals surface area contributed by atoms with Gasteiger partial charge >= 0.3 is 6.18 Å². The number of benzene rings is 2. The predicted octanol–water partition coefficient (Wildman–Crippen LogP) is 7.24. The molecule has 238 valence electrons. The smallest absolute Gasteiger partial charge is 0.376 e. The normalized spacial score (nSPS) is 17.1. The fourth-order valence-corrected chi connectivity index (χ4v) is 6.45. The molecule has 1 fully saturated rings. The molecule has 5 rings (SSSR count). The van der Waals surface area contributed by atoms with Gasteiger partial charge in [0.1, 0.15) is 0 Å². The Morgan fingerprint density at radius 3 is 2.33 bits per heavy atom.